The number of hydrogen-bond donors (Lipinski definition) is 3. The molecule has 33 heavy (non-hydrogen) atoms. The Kier molecular flexibility index (Phi) is 12.1. The van der Waals surface area contributed by atoms with E-state index >= 15 is 0 Å². The SMILES string of the molecule is CC(C)(C)OC(=O)N[C@@H](CC1CCCCC1)[C@@H](O)[C@@H](Cc1ccccc1)C(=O)O.CC(C)=O. The van der Waals surface area contributed by atoms with Crippen LogP contribution in [0.3, 0.4) is 0 Å². The van der Waals surface area contributed by atoms with Crippen molar-refractivity contribution < 1.29 is 29.3 Å². The molecule has 3 atom stereocenters. The summed E-state index contributed by atoms with van der Waals surface area (Å²) in [4.78, 5) is 33.8. The monoisotopic (exact) mass is 463 g/mol. The minimum Gasteiger partial charge on any atom is -0.481 e. The molecule has 0 aliphatic heterocycles. The van der Waals surface area contributed by atoms with Crippen LogP contribution in [0.25, 0.3) is 0 Å². The molecule has 1 aromatic carbocycles. The van der Waals surface area contributed by atoms with Crippen molar-refractivity contribution >= 4 is 17.8 Å². The van der Waals surface area contributed by atoms with Gasteiger partial charge in [-0.25, -0.2) is 4.79 Å². The number of alkyl carbamates (subject to hydrolysis) is 1. The number of amides is 1. The predicted molar refractivity (Wildman–Crippen MR) is 128 cm³/mol. The fourth-order valence-electron chi connectivity index (χ4n) is 4.03. The third kappa shape index (κ3) is 12.4. The second kappa shape index (κ2) is 14.0. The molecule has 0 radical (unpaired) electrons. The summed E-state index contributed by atoms with van der Waals surface area (Å²) in [6, 6.07) is 8.59. The quantitative estimate of drug-likeness (QED) is 0.513. The van der Waals surface area contributed by atoms with Crippen LogP contribution in [0.5, 0.6) is 0 Å². The van der Waals surface area contributed by atoms with Crippen molar-refractivity contribution in [1.29, 1.82) is 0 Å². The third-order valence-corrected chi connectivity index (χ3v) is 5.45. The maximum absolute atomic E-state index is 12.4. The number of ketones is 1. The Bertz CT molecular complexity index is 733. The summed E-state index contributed by atoms with van der Waals surface area (Å²) in [5.74, 6) is -1.55. The fraction of sp³-hybridized carbons (Fsp3) is 0.654. The Morgan fingerprint density at radius 1 is 1.06 bits per heavy atom. The second-order valence-corrected chi connectivity index (χ2v) is 10.0. The number of carboxylic acid groups (broad SMARTS) is 1. The fourth-order valence-corrected chi connectivity index (χ4v) is 4.03. The predicted octanol–water partition coefficient (Wildman–Crippen LogP) is 4.75. The van der Waals surface area contributed by atoms with Gasteiger partial charge in [-0.2, -0.15) is 0 Å². The lowest BCUT2D eigenvalue weighted by Gasteiger charge is -2.33. The molecule has 0 saturated heterocycles. The number of nitrogens with one attached hydrogen (secondary N) is 1. The Hall–Kier alpha value is -2.41. The third-order valence-electron chi connectivity index (χ3n) is 5.45. The molecule has 1 fully saturated rings. The molecule has 7 nitrogen and oxygen atoms in total. The van der Waals surface area contributed by atoms with Crippen LogP contribution >= 0.6 is 0 Å². The molecule has 7 heteroatoms. The highest BCUT2D eigenvalue weighted by atomic mass is 16.6. The summed E-state index contributed by atoms with van der Waals surface area (Å²) < 4.78 is 5.36. The van der Waals surface area contributed by atoms with Crippen LogP contribution in [-0.4, -0.2) is 45.8 Å². The molecule has 0 unspecified atom stereocenters. The normalized spacial score (nSPS) is 17.0. The van der Waals surface area contributed by atoms with Gasteiger partial charge in [0.1, 0.15) is 11.4 Å². The smallest absolute Gasteiger partial charge is 0.407 e. The molecule has 0 aromatic heterocycles. The molecule has 186 valence electrons. The molecule has 1 aliphatic rings. The van der Waals surface area contributed by atoms with Crippen molar-refractivity contribution in [1.82, 2.24) is 5.32 Å². The number of benzene rings is 1. The second-order valence-electron chi connectivity index (χ2n) is 10.0. The van der Waals surface area contributed by atoms with Crippen LogP contribution in [0.1, 0.15) is 78.7 Å². The summed E-state index contributed by atoms with van der Waals surface area (Å²) in [5, 5.41) is 23.6. The first-order chi connectivity index (χ1) is 15.4. The van der Waals surface area contributed by atoms with Crippen LogP contribution in [-0.2, 0) is 20.7 Å². The van der Waals surface area contributed by atoms with E-state index in [0.717, 1.165) is 31.2 Å². The number of carbonyl (C=O) groups excluding carboxylic acids is 2. The lowest BCUT2D eigenvalue weighted by Crippen LogP contribution is -2.51. The number of carbonyl (C=O) groups is 3. The summed E-state index contributed by atoms with van der Waals surface area (Å²) in [6.07, 6.45) is 4.47. The summed E-state index contributed by atoms with van der Waals surface area (Å²) in [5.41, 5.74) is 0.174. The zero-order chi connectivity index (χ0) is 25.0. The summed E-state index contributed by atoms with van der Waals surface area (Å²) >= 11 is 0. The summed E-state index contributed by atoms with van der Waals surface area (Å²) in [7, 11) is 0. The lowest BCUT2D eigenvalue weighted by atomic mass is 9.80. The van der Waals surface area contributed by atoms with Crippen molar-refractivity contribution in [3.8, 4) is 0 Å². The van der Waals surface area contributed by atoms with Gasteiger partial charge in [-0.05, 0) is 58.9 Å². The maximum atomic E-state index is 12.4. The first kappa shape index (κ1) is 28.6. The van der Waals surface area contributed by atoms with E-state index < -0.39 is 35.7 Å². The van der Waals surface area contributed by atoms with Gasteiger partial charge in [-0.1, -0.05) is 62.4 Å². The van der Waals surface area contributed by atoms with Crippen molar-refractivity contribution in [2.75, 3.05) is 0 Å². The number of rotatable bonds is 8. The first-order valence-electron chi connectivity index (χ1n) is 11.8. The number of carboxylic acids is 1. The Labute approximate surface area is 197 Å². The molecular weight excluding hydrogens is 422 g/mol. The highest BCUT2D eigenvalue weighted by molar-refractivity contribution is 5.72. The summed E-state index contributed by atoms with van der Waals surface area (Å²) in [6.45, 7) is 8.37. The van der Waals surface area contributed by atoms with Crippen LogP contribution in [0.4, 0.5) is 4.79 Å². The number of aliphatic carboxylic acids is 1. The highest BCUT2D eigenvalue weighted by Gasteiger charge is 2.36. The van der Waals surface area contributed by atoms with Gasteiger partial charge in [0.05, 0.1) is 18.1 Å². The van der Waals surface area contributed by atoms with Gasteiger partial charge in [0, 0.05) is 0 Å². The van der Waals surface area contributed by atoms with Gasteiger partial charge < -0.3 is 25.1 Å². The topological polar surface area (TPSA) is 113 Å². The van der Waals surface area contributed by atoms with E-state index in [0.29, 0.717) is 12.3 Å². The molecular formula is C26H41NO6. The number of aliphatic hydroxyl groups is 1. The van der Waals surface area contributed by atoms with Crippen LogP contribution in [0, 0.1) is 11.8 Å². The zero-order valence-electron chi connectivity index (χ0n) is 20.7. The Balaban J connectivity index is 0.00000125. The van der Waals surface area contributed by atoms with Gasteiger partial charge in [-0.3, -0.25) is 4.79 Å². The molecule has 0 bridgehead atoms. The van der Waals surface area contributed by atoms with Crippen molar-refractivity contribution in [3.63, 3.8) is 0 Å². The number of Topliss-reactive ketones (excluding diaryl/α,β-unsaturated/α-hetero) is 1. The minimum absolute atomic E-state index is 0.167. The Morgan fingerprint density at radius 3 is 2.09 bits per heavy atom. The van der Waals surface area contributed by atoms with E-state index in [1.54, 1.807) is 20.8 Å². The van der Waals surface area contributed by atoms with Gasteiger partial charge in [-0.15, -0.1) is 0 Å². The highest BCUT2D eigenvalue weighted by Crippen LogP contribution is 2.29. The first-order valence-corrected chi connectivity index (χ1v) is 11.8. The molecule has 0 heterocycles. The maximum Gasteiger partial charge on any atom is 0.407 e. The molecule has 2 rings (SSSR count). The number of aliphatic hydroxyl groups excluding tert-OH is 1. The molecule has 1 amide bonds. The van der Waals surface area contributed by atoms with Gasteiger partial charge >= 0.3 is 12.1 Å². The van der Waals surface area contributed by atoms with E-state index in [1.165, 1.54) is 20.3 Å². The molecule has 1 saturated carbocycles. The van der Waals surface area contributed by atoms with E-state index in [1.807, 2.05) is 30.3 Å². The van der Waals surface area contributed by atoms with Crippen LogP contribution < -0.4 is 5.32 Å². The van der Waals surface area contributed by atoms with E-state index in [-0.39, 0.29) is 12.2 Å². The largest absolute Gasteiger partial charge is 0.481 e. The van der Waals surface area contributed by atoms with Gasteiger partial charge in [0.25, 0.3) is 0 Å². The van der Waals surface area contributed by atoms with Gasteiger partial charge in [0.15, 0.2) is 0 Å². The van der Waals surface area contributed by atoms with Crippen molar-refractivity contribution in [2.45, 2.75) is 97.3 Å². The molecule has 3 N–H and O–H groups in total. The number of hydrogen-bond acceptors (Lipinski definition) is 5. The van der Waals surface area contributed by atoms with Crippen LogP contribution in [0.2, 0.25) is 0 Å². The Morgan fingerprint density at radius 2 is 1.61 bits per heavy atom. The van der Waals surface area contributed by atoms with E-state index in [4.69, 9.17) is 4.74 Å². The molecule has 0 spiro atoms. The van der Waals surface area contributed by atoms with Crippen LogP contribution in [0.15, 0.2) is 30.3 Å². The van der Waals surface area contributed by atoms with Crippen molar-refractivity contribution in [3.05, 3.63) is 35.9 Å². The van der Waals surface area contributed by atoms with Crippen molar-refractivity contribution in [2.24, 2.45) is 11.8 Å². The standard InChI is InChI=1S/C23H35NO5.C3H6O/c1-23(2,3)29-22(28)24-19(15-17-12-8-5-9-13-17)20(25)18(21(26)27)14-16-10-6-4-7-11-16;1-3(2)4/h4,6-7,10-11,17-20,25H,5,8-9,12-15H2,1-3H3,(H,24,28)(H,26,27);1-2H3/t18-,19+,20+;/m1./s1. The average molecular weight is 464 g/mol. The van der Waals surface area contributed by atoms with Gasteiger partial charge in [0.2, 0.25) is 0 Å². The zero-order valence-corrected chi connectivity index (χ0v) is 20.7. The average Bonchev–Trinajstić information content (AvgIpc) is 2.70. The number of ether oxygens (including phenoxy) is 1. The molecule has 1 aromatic rings. The van der Waals surface area contributed by atoms with E-state index in [2.05, 4.69) is 5.32 Å². The minimum atomic E-state index is -1.21. The van der Waals surface area contributed by atoms with E-state index in [9.17, 15) is 24.6 Å². The molecule has 1 aliphatic carbocycles. The lowest BCUT2D eigenvalue weighted by molar-refractivity contribution is -0.146.